The van der Waals surface area contributed by atoms with Gasteiger partial charge in [-0.3, -0.25) is 0 Å². The summed E-state index contributed by atoms with van der Waals surface area (Å²) in [5, 5.41) is 4.60. The van der Waals surface area contributed by atoms with E-state index in [1.54, 1.807) is 23.5 Å². The molecule has 0 spiro atoms. The van der Waals surface area contributed by atoms with Gasteiger partial charge >= 0.3 is 0 Å². The first kappa shape index (κ1) is 12.1. The van der Waals surface area contributed by atoms with Crippen molar-refractivity contribution in [2.45, 2.75) is 25.7 Å². The van der Waals surface area contributed by atoms with E-state index in [-0.39, 0.29) is 11.2 Å². The van der Waals surface area contributed by atoms with E-state index in [4.69, 9.17) is 4.98 Å². The molecule has 0 aliphatic carbocycles. The van der Waals surface area contributed by atoms with Crippen molar-refractivity contribution in [2.24, 2.45) is 5.92 Å². The fourth-order valence-corrected chi connectivity index (χ4v) is 4.10. The van der Waals surface area contributed by atoms with Crippen molar-refractivity contribution < 1.29 is 4.39 Å². The van der Waals surface area contributed by atoms with Crippen LogP contribution in [0.5, 0.6) is 0 Å². The highest BCUT2D eigenvalue weighted by Gasteiger charge is 2.41. The predicted octanol–water partition coefficient (Wildman–Crippen LogP) is 3.32. The van der Waals surface area contributed by atoms with E-state index in [9.17, 15) is 4.39 Å². The number of fused-ring (bicyclic) bond motifs is 1. The number of thiazole rings is 1. The first-order valence-electron chi connectivity index (χ1n) is 6.39. The van der Waals surface area contributed by atoms with E-state index in [1.165, 1.54) is 6.07 Å². The second-order valence-electron chi connectivity index (χ2n) is 5.37. The van der Waals surface area contributed by atoms with Crippen molar-refractivity contribution in [2.75, 3.05) is 13.1 Å². The molecule has 2 heterocycles. The Hall–Kier alpha value is -1.00. The maximum Gasteiger partial charge on any atom is 0.124 e. The second kappa shape index (κ2) is 4.28. The molecule has 1 aliphatic heterocycles. The smallest absolute Gasteiger partial charge is 0.124 e. The fraction of sp³-hybridized carbons (Fsp3) is 0.500. The van der Waals surface area contributed by atoms with Crippen LogP contribution in [0.3, 0.4) is 0 Å². The maximum absolute atomic E-state index is 13.2. The minimum Gasteiger partial charge on any atom is -0.316 e. The van der Waals surface area contributed by atoms with Gasteiger partial charge in [-0.15, -0.1) is 11.3 Å². The van der Waals surface area contributed by atoms with Crippen molar-refractivity contribution in [3.05, 3.63) is 29.0 Å². The average Bonchev–Trinajstić information content (AvgIpc) is 2.94. The van der Waals surface area contributed by atoms with Gasteiger partial charge in [0.15, 0.2) is 0 Å². The molecule has 0 saturated carbocycles. The first-order chi connectivity index (χ1) is 8.62. The number of benzene rings is 1. The topological polar surface area (TPSA) is 24.9 Å². The molecule has 1 fully saturated rings. The zero-order chi connectivity index (χ0) is 12.8. The van der Waals surface area contributed by atoms with Crippen LogP contribution in [0.1, 0.15) is 25.3 Å². The lowest BCUT2D eigenvalue weighted by atomic mass is 9.77. The Bertz CT molecular complexity index is 570. The quantitative estimate of drug-likeness (QED) is 0.900. The first-order valence-corrected chi connectivity index (χ1v) is 7.21. The summed E-state index contributed by atoms with van der Waals surface area (Å²) in [4.78, 5) is 4.74. The molecule has 1 atom stereocenters. The van der Waals surface area contributed by atoms with Gasteiger partial charge in [0.05, 0.1) is 10.2 Å². The molecule has 18 heavy (non-hydrogen) atoms. The van der Waals surface area contributed by atoms with Gasteiger partial charge in [0, 0.05) is 12.0 Å². The number of hydrogen-bond donors (Lipinski definition) is 1. The highest BCUT2D eigenvalue weighted by atomic mass is 32.1. The molecule has 0 radical (unpaired) electrons. The Morgan fingerprint density at radius 1 is 1.44 bits per heavy atom. The van der Waals surface area contributed by atoms with Gasteiger partial charge in [-0.05, 0) is 37.1 Å². The van der Waals surface area contributed by atoms with Gasteiger partial charge < -0.3 is 5.32 Å². The van der Waals surface area contributed by atoms with Crippen LogP contribution in [0.2, 0.25) is 0 Å². The summed E-state index contributed by atoms with van der Waals surface area (Å²) in [5.74, 6) is 0.360. The standard InChI is InChI=1S/C14H17FN2S/c1-9(2)14(5-6-16-8-14)13-17-11-4-3-10(15)7-12(11)18-13/h3-4,7,9,16H,5-6,8H2,1-2H3. The highest BCUT2D eigenvalue weighted by molar-refractivity contribution is 7.18. The predicted molar refractivity (Wildman–Crippen MR) is 73.6 cm³/mol. The van der Waals surface area contributed by atoms with Crippen LogP contribution in [0.15, 0.2) is 18.2 Å². The summed E-state index contributed by atoms with van der Waals surface area (Å²) in [6.07, 6.45) is 1.12. The van der Waals surface area contributed by atoms with Gasteiger partial charge in [0.1, 0.15) is 10.8 Å². The fourth-order valence-electron chi connectivity index (χ4n) is 2.74. The number of nitrogens with zero attached hydrogens (tertiary/aromatic N) is 1. The number of nitrogens with one attached hydrogen (secondary N) is 1. The Morgan fingerprint density at radius 2 is 2.28 bits per heavy atom. The molecule has 1 unspecified atom stereocenters. The molecule has 3 rings (SSSR count). The van der Waals surface area contributed by atoms with Crippen LogP contribution in [-0.2, 0) is 5.41 Å². The van der Waals surface area contributed by atoms with Gasteiger partial charge in [-0.2, -0.15) is 0 Å². The molecule has 0 bridgehead atoms. The molecule has 2 nitrogen and oxygen atoms in total. The third-order valence-corrected chi connectivity index (χ3v) is 5.31. The monoisotopic (exact) mass is 264 g/mol. The molecule has 0 amide bonds. The summed E-state index contributed by atoms with van der Waals surface area (Å²) in [6, 6.07) is 4.86. The van der Waals surface area contributed by atoms with Crippen LogP contribution < -0.4 is 5.32 Å². The highest BCUT2D eigenvalue weighted by Crippen LogP contribution is 2.41. The zero-order valence-corrected chi connectivity index (χ0v) is 11.5. The van der Waals surface area contributed by atoms with Crippen LogP contribution in [-0.4, -0.2) is 18.1 Å². The van der Waals surface area contributed by atoms with Gasteiger partial charge in [-0.1, -0.05) is 13.8 Å². The summed E-state index contributed by atoms with van der Waals surface area (Å²) in [5.41, 5.74) is 1.04. The van der Waals surface area contributed by atoms with Crippen LogP contribution in [0.25, 0.3) is 10.2 Å². The molecular weight excluding hydrogens is 247 g/mol. The van der Waals surface area contributed by atoms with Crippen LogP contribution in [0, 0.1) is 11.7 Å². The Labute approximate surface area is 110 Å². The Balaban J connectivity index is 2.12. The zero-order valence-electron chi connectivity index (χ0n) is 10.7. The van der Waals surface area contributed by atoms with Gasteiger partial charge in [0.25, 0.3) is 0 Å². The number of aromatic nitrogens is 1. The third kappa shape index (κ3) is 1.75. The average molecular weight is 264 g/mol. The Kier molecular flexibility index (Phi) is 2.87. The lowest BCUT2D eigenvalue weighted by molar-refractivity contribution is 0.336. The molecule has 4 heteroatoms. The molecule has 2 aromatic rings. The lowest BCUT2D eigenvalue weighted by Crippen LogP contribution is -2.34. The van der Waals surface area contributed by atoms with Crippen molar-refractivity contribution in [3.63, 3.8) is 0 Å². The van der Waals surface area contributed by atoms with Crippen molar-refractivity contribution in [1.82, 2.24) is 10.3 Å². The molecule has 1 N–H and O–H groups in total. The number of halogens is 1. The minimum atomic E-state index is -0.180. The van der Waals surface area contributed by atoms with Gasteiger partial charge in [-0.25, -0.2) is 9.37 Å². The normalized spacial score (nSPS) is 24.2. The summed E-state index contributed by atoms with van der Waals surface area (Å²) in [6.45, 7) is 6.52. The SMILES string of the molecule is CC(C)C1(c2nc3ccc(F)cc3s2)CCNC1. The molecule has 1 saturated heterocycles. The third-order valence-electron chi connectivity index (χ3n) is 4.07. The molecule has 1 aliphatic rings. The number of rotatable bonds is 2. The minimum absolute atomic E-state index is 0.125. The molecular formula is C14H17FN2S. The maximum atomic E-state index is 13.2. The van der Waals surface area contributed by atoms with Crippen molar-refractivity contribution >= 4 is 21.6 Å². The van der Waals surface area contributed by atoms with Crippen LogP contribution >= 0.6 is 11.3 Å². The van der Waals surface area contributed by atoms with E-state index in [1.807, 2.05) is 0 Å². The molecule has 96 valence electrons. The van der Waals surface area contributed by atoms with Gasteiger partial charge in [0.2, 0.25) is 0 Å². The van der Waals surface area contributed by atoms with E-state index in [0.717, 1.165) is 34.7 Å². The summed E-state index contributed by atoms with van der Waals surface area (Å²) in [7, 11) is 0. The van der Waals surface area contributed by atoms with E-state index in [2.05, 4.69) is 19.2 Å². The second-order valence-corrected chi connectivity index (χ2v) is 6.40. The summed E-state index contributed by atoms with van der Waals surface area (Å²) < 4.78 is 14.2. The lowest BCUT2D eigenvalue weighted by Gasteiger charge is -2.30. The summed E-state index contributed by atoms with van der Waals surface area (Å²) >= 11 is 1.64. The van der Waals surface area contributed by atoms with E-state index >= 15 is 0 Å². The van der Waals surface area contributed by atoms with Crippen molar-refractivity contribution in [3.8, 4) is 0 Å². The number of hydrogen-bond acceptors (Lipinski definition) is 3. The van der Waals surface area contributed by atoms with Crippen molar-refractivity contribution in [1.29, 1.82) is 0 Å². The Morgan fingerprint density at radius 3 is 2.94 bits per heavy atom. The van der Waals surface area contributed by atoms with E-state index < -0.39 is 0 Å². The van der Waals surface area contributed by atoms with Crippen LogP contribution in [0.4, 0.5) is 4.39 Å². The molecule has 1 aromatic carbocycles. The molecule has 1 aromatic heterocycles. The van der Waals surface area contributed by atoms with E-state index in [0.29, 0.717) is 5.92 Å². The largest absolute Gasteiger partial charge is 0.316 e.